The number of halogens is 1. The van der Waals surface area contributed by atoms with Gasteiger partial charge in [-0.15, -0.1) is 0 Å². The summed E-state index contributed by atoms with van der Waals surface area (Å²) in [6.45, 7) is 0. The third-order valence-corrected chi connectivity index (χ3v) is 4.97. The summed E-state index contributed by atoms with van der Waals surface area (Å²) in [4.78, 5) is 13.0. The van der Waals surface area contributed by atoms with Gasteiger partial charge in [-0.05, 0) is 29.8 Å². The molecular weight excluding hydrogens is 379 g/mol. The first-order chi connectivity index (χ1) is 14.7. The Morgan fingerprint density at radius 3 is 2.77 bits per heavy atom. The lowest BCUT2D eigenvalue weighted by atomic mass is 10.1. The Bertz CT molecular complexity index is 1430. The molecule has 3 aromatic heterocycles. The Morgan fingerprint density at radius 1 is 1.00 bits per heavy atom. The molecule has 5 rings (SSSR count). The molecule has 3 heterocycles. The van der Waals surface area contributed by atoms with E-state index in [4.69, 9.17) is 5.26 Å². The van der Waals surface area contributed by atoms with Crippen LogP contribution in [0.25, 0.3) is 27.9 Å². The second kappa shape index (κ2) is 7.33. The molecule has 7 heteroatoms. The fraction of sp³-hybridized carbons (Fsp3) is 0.0870. The van der Waals surface area contributed by atoms with E-state index >= 15 is 0 Å². The molecule has 0 amide bonds. The molecule has 0 saturated heterocycles. The predicted octanol–water partition coefficient (Wildman–Crippen LogP) is 4.14. The van der Waals surface area contributed by atoms with Crippen LogP contribution in [0.3, 0.4) is 0 Å². The summed E-state index contributed by atoms with van der Waals surface area (Å²) in [5, 5.41) is 14.5. The van der Waals surface area contributed by atoms with Gasteiger partial charge in [0.05, 0.1) is 36.1 Å². The van der Waals surface area contributed by atoms with Crippen molar-refractivity contribution in [2.24, 2.45) is 0 Å². The van der Waals surface area contributed by atoms with Crippen molar-refractivity contribution >= 4 is 16.7 Å². The first-order valence-electron chi connectivity index (χ1n) is 9.40. The van der Waals surface area contributed by atoms with Crippen LogP contribution in [0.5, 0.6) is 0 Å². The highest BCUT2D eigenvalue weighted by atomic mass is 19.1. The SMILES string of the molecule is N#CCc1ccc(-c2cnc3ncc(Cc4ccc5ncccc5c4)n3n2)cc1F. The Balaban J connectivity index is 1.51. The molecule has 5 aromatic rings. The molecule has 0 bridgehead atoms. The van der Waals surface area contributed by atoms with Gasteiger partial charge < -0.3 is 0 Å². The molecule has 0 fully saturated rings. The molecule has 0 atom stereocenters. The highest BCUT2D eigenvalue weighted by Crippen LogP contribution is 2.21. The molecule has 0 radical (unpaired) electrons. The maximum Gasteiger partial charge on any atom is 0.250 e. The molecule has 0 aliphatic heterocycles. The van der Waals surface area contributed by atoms with E-state index in [-0.39, 0.29) is 6.42 Å². The number of nitrogens with zero attached hydrogens (tertiary/aromatic N) is 6. The topological polar surface area (TPSA) is 79.8 Å². The maximum absolute atomic E-state index is 14.2. The largest absolute Gasteiger partial charge is 0.256 e. The van der Waals surface area contributed by atoms with E-state index in [2.05, 4.69) is 26.1 Å². The van der Waals surface area contributed by atoms with Gasteiger partial charge in [-0.25, -0.2) is 18.9 Å². The van der Waals surface area contributed by atoms with Crippen LogP contribution in [-0.4, -0.2) is 24.6 Å². The molecule has 2 aromatic carbocycles. The molecule has 0 saturated carbocycles. The number of hydrogen-bond donors (Lipinski definition) is 0. The van der Waals surface area contributed by atoms with Crippen LogP contribution < -0.4 is 0 Å². The van der Waals surface area contributed by atoms with E-state index in [1.54, 1.807) is 35.2 Å². The minimum absolute atomic E-state index is 0.0315. The number of hydrogen-bond acceptors (Lipinski definition) is 5. The van der Waals surface area contributed by atoms with Gasteiger partial charge in [0.1, 0.15) is 11.5 Å². The normalized spacial score (nSPS) is 11.1. The second-order valence-electron chi connectivity index (χ2n) is 6.95. The van der Waals surface area contributed by atoms with Gasteiger partial charge >= 0.3 is 0 Å². The predicted molar refractivity (Wildman–Crippen MR) is 110 cm³/mol. The van der Waals surface area contributed by atoms with Crippen LogP contribution in [0.15, 0.2) is 67.1 Å². The molecule has 0 unspecified atom stereocenters. The van der Waals surface area contributed by atoms with Crippen molar-refractivity contribution < 1.29 is 4.39 Å². The van der Waals surface area contributed by atoms with E-state index in [9.17, 15) is 4.39 Å². The van der Waals surface area contributed by atoms with Crippen molar-refractivity contribution in [3.8, 4) is 17.3 Å². The van der Waals surface area contributed by atoms with Crippen molar-refractivity contribution in [3.63, 3.8) is 0 Å². The maximum atomic E-state index is 14.2. The van der Waals surface area contributed by atoms with E-state index < -0.39 is 5.82 Å². The summed E-state index contributed by atoms with van der Waals surface area (Å²) in [5.41, 5.74) is 4.43. The first kappa shape index (κ1) is 17.9. The standard InChI is InChI=1S/C23H15FN6/c24-20-12-18(5-4-16(20)7-8-25)22-14-28-23-27-13-19(30(23)29-22)11-15-3-6-21-17(10-15)2-1-9-26-21/h1-6,9-10,12-14H,7,11H2. The molecule has 30 heavy (non-hydrogen) atoms. The number of rotatable bonds is 4. The van der Waals surface area contributed by atoms with E-state index in [1.807, 2.05) is 30.3 Å². The molecule has 144 valence electrons. The van der Waals surface area contributed by atoms with Gasteiger partial charge in [-0.1, -0.05) is 24.3 Å². The van der Waals surface area contributed by atoms with Crippen LogP contribution in [0, 0.1) is 17.1 Å². The summed E-state index contributed by atoms with van der Waals surface area (Å²) >= 11 is 0. The van der Waals surface area contributed by atoms with Gasteiger partial charge in [-0.3, -0.25) is 4.98 Å². The summed E-state index contributed by atoms with van der Waals surface area (Å²) in [5.74, 6) is 0.0596. The van der Waals surface area contributed by atoms with E-state index in [0.29, 0.717) is 29.0 Å². The van der Waals surface area contributed by atoms with Crippen LogP contribution in [0.4, 0.5) is 4.39 Å². The molecule has 0 aliphatic rings. The zero-order valence-electron chi connectivity index (χ0n) is 15.8. The van der Waals surface area contributed by atoms with E-state index in [0.717, 1.165) is 22.2 Å². The molecule has 6 nitrogen and oxygen atoms in total. The quantitative estimate of drug-likeness (QED) is 0.458. The van der Waals surface area contributed by atoms with Crippen LogP contribution in [0.2, 0.25) is 0 Å². The number of imidazole rings is 1. The lowest BCUT2D eigenvalue weighted by Crippen LogP contribution is -2.02. The van der Waals surface area contributed by atoms with Crippen molar-refractivity contribution in [1.29, 1.82) is 5.26 Å². The number of nitriles is 1. The third kappa shape index (κ3) is 3.25. The van der Waals surface area contributed by atoms with Crippen molar-refractivity contribution in [3.05, 3.63) is 89.8 Å². The minimum Gasteiger partial charge on any atom is -0.256 e. The van der Waals surface area contributed by atoms with Crippen molar-refractivity contribution in [2.45, 2.75) is 12.8 Å². The lowest BCUT2D eigenvalue weighted by molar-refractivity contribution is 0.615. The van der Waals surface area contributed by atoms with Gasteiger partial charge in [-0.2, -0.15) is 10.4 Å². The summed E-state index contributed by atoms with van der Waals surface area (Å²) in [6, 6.07) is 16.8. The Labute approximate surface area is 171 Å². The minimum atomic E-state index is -0.424. The number of pyridine rings is 1. The summed E-state index contributed by atoms with van der Waals surface area (Å²) in [7, 11) is 0. The number of aromatic nitrogens is 5. The molecule has 0 spiro atoms. The second-order valence-corrected chi connectivity index (χ2v) is 6.95. The summed E-state index contributed by atoms with van der Waals surface area (Å²) < 4.78 is 15.9. The van der Waals surface area contributed by atoms with Gasteiger partial charge in [0.25, 0.3) is 5.78 Å². The van der Waals surface area contributed by atoms with Crippen LogP contribution in [-0.2, 0) is 12.8 Å². The number of benzene rings is 2. The van der Waals surface area contributed by atoms with Crippen molar-refractivity contribution in [2.75, 3.05) is 0 Å². The lowest BCUT2D eigenvalue weighted by Gasteiger charge is -2.06. The number of fused-ring (bicyclic) bond motifs is 2. The Kier molecular flexibility index (Phi) is 4.37. The monoisotopic (exact) mass is 394 g/mol. The van der Waals surface area contributed by atoms with Crippen LogP contribution >= 0.6 is 0 Å². The van der Waals surface area contributed by atoms with Gasteiger partial charge in [0, 0.05) is 29.1 Å². The van der Waals surface area contributed by atoms with Gasteiger partial charge in [0.2, 0.25) is 0 Å². The van der Waals surface area contributed by atoms with Crippen LogP contribution in [0.1, 0.15) is 16.8 Å². The van der Waals surface area contributed by atoms with Crippen molar-refractivity contribution in [1.82, 2.24) is 24.6 Å². The smallest absolute Gasteiger partial charge is 0.250 e. The molecular formula is C23H15FN6. The Hall–Kier alpha value is -4.18. The zero-order chi connectivity index (χ0) is 20.5. The molecule has 0 N–H and O–H groups in total. The first-order valence-corrected chi connectivity index (χ1v) is 9.40. The fourth-order valence-corrected chi connectivity index (χ4v) is 3.45. The fourth-order valence-electron chi connectivity index (χ4n) is 3.45. The highest BCUT2D eigenvalue weighted by molar-refractivity contribution is 5.79. The Morgan fingerprint density at radius 2 is 1.90 bits per heavy atom. The van der Waals surface area contributed by atoms with E-state index in [1.165, 1.54) is 6.07 Å². The third-order valence-electron chi connectivity index (χ3n) is 4.97. The van der Waals surface area contributed by atoms with Gasteiger partial charge in [0.15, 0.2) is 0 Å². The average molecular weight is 394 g/mol. The summed E-state index contributed by atoms with van der Waals surface area (Å²) in [6.07, 6.45) is 5.76. The zero-order valence-corrected chi connectivity index (χ0v) is 15.8. The highest BCUT2D eigenvalue weighted by Gasteiger charge is 2.11. The molecule has 0 aliphatic carbocycles. The average Bonchev–Trinajstić information content (AvgIpc) is 3.17.